The Labute approximate surface area is 167 Å². The molecule has 5 nitrogen and oxygen atoms in total. The van der Waals surface area contributed by atoms with Gasteiger partial charge in [-0.05, 0) is 25.7 Å². The number of benzene rings is 1. The Hall–Kier alpha value is -0.960. The van der Waals surface area contributed by atoms with Crippen LogP contribution in [0.15, 0.2) is 35.3 Å². The number of nitrogens with zero attached hydrogens (tertiary/aromatic N) is 2. The van der Waals surface area contributed by atoms with Crippen molar-refractivity contribution in [2.24, 2.45) is 4.99 Å². The molecule has 0 heterocycles. The second kappa shape index (κ2) is 14.4. The summed E-state index contributed by atoms with van der Waals surface area (Å²) in [6.45, 7) is 7.09. The van der Waals surface area contributed by atoms with E-state index >= 15 is 0 Å². The maximum atomic E-state index is 12.4. The van der Waals surface area contributed by atoms with Crippen molar-refractivity contribution in [3.8, 4) is 0 Å². The predicted molar refractivity (Wildman–Crippen MR) is 115 cm³/mol. The molecule has 0 spiro atoms. The summed E-state index contributed by atoms with van der Waals surface area (Å²) in [5.74, 6) is 1.75. The van der Waals surface area contributed by atoms with Gasteiger partial charge in [-0.1, -0.05) is 30.3 Å². The molecule has 0 saturated carbocycles. The molecule has 0 fully saturated rings. The fraction of sp³-hybridized carbons (Fsp3) is 0.529. The lowest BCUT2D eigenvalue weighted by atomic mass is 10.2. The minimum absolute atomic E-state index is 0. The summed E-state index contributed by atoms with van der Waals surface area (Å²) in [7, 11) is 0. The second-order valence-electron chi connectivity index (χ2n) is 5.01. The number of amides is 1. The third-order valence-electron chi connectivity index (χ3n) is 3.27. The molecule has 1 aromatic carbocycles. The van der Waals surface area contributed by atoms with E-state index in [0.717, 1.165) is 24.4 Å². The first kappa shape index (κ1) is 23.0. The first-order valence-electron chi connectivity index (χ1n) is 8.04. The summed E-state index contributed by atoms with van der Waals surface area (Å²) in [5.41, 5.74) is 1.14. The zero-order valence-corrected chi connectivity index (χ0v) is 17.9. The molecule has 0 unspecified atom stereocenters. The van der Waals surface area contributed by atoms with Crippen molar-refractivity contribution in [1.29, 1.82) is 0 Å². The van der Waals surface area contributed by atoms with Crippen molar-refractivity contribution in [1.82, 2.24) is 15.5 Å². The van der Waals surface area contributed by atoms with Gasteiger partial charge in [-0.3, -0.25) is 4.79 Å². The van der Waals surface area contributed by atoms with Gasteiger partial charge in [0.15, 0.2) is 5.96 Å². The molecule has 0 aliphatic carbocycles. The molecule has 0 atom stereocenters. The highest BCUT2D eigenvalue weighted by molar-refractivity contribution is 14.0. The predicted octanol–water partition coefficient (Wildman–Crippen LogP) is 2.57. The Kier molecular flexibility index (Phi) is 13.8. The molecule has 7 heteroatoms. The first-order valence-corrected chi connectivity index (χ1v) is 9.43. The SMILES string of the molecule is CCNC(=NCC(=O)N(CC)Cc1ccccc1)NCCSC.I. The molecule has 0 aliphatic heterocycles. The third kappa shape index (κ3) is 9.36. The van der Waals surface area contributed by atoms with Crippen molar-refractivity contribution in [2.75, 3.05) is 38.2 Å². The second-order valence-corrected chi connectivity index (χ2v) is 5.99. The van der Waals surface area contributed by atoms with Crippen molar-refractivity contribution in [3.05, 3.63) is 35.9 Å². The number of carbonyl (C=O) groups is 1. The maximum absolute atomic E-state index is 12.4. The lowest BCUT2D eigenvalue weighted by Crippen LogP contribution is -2.40. The number of hydrogen-bond donors (Lipinski definition) is 2. The van der Waals surface area contributed by atoms with E-state index in [2.05, 4.69) is 21.9 Å². The van der Waals surface area contributed by atoms with Crippen LogP contribution in [0, 0.1) is 0 Å². The summed E-state index contributed by atoms with van der Waals surface area (Å²) in [6.07, 6.45) is 2.07. The highest BCUT2D eigenvalue weighted by atomic mass is 127. The van der Waals surface area contributed by atoms with Crippen LogP contribution in [0.25, 0.3) is 0 Å². The monoisotopic (exact) mass is 464 g/mol. The topological polar surface area (TPSA) is 56.7 Å². The number of rotatable bonds is 9. The van der Waals surface area contributed by atoms with E-state index in [4.69, 9.17) is 0 Å². The molecule has 1 aromatic rings. The van der Waals surface area contributed by atoms with Gasteiger partial charge in [-0.2, -0.15) is 11.8 Å². The van der Waals surface area contributed by atoms with Gasteiger partial charge in [0.2, 0.25) is 5.91 Å². The van der Waals surface area contributed by atoms with Gasteiger partial charge >= 0.3 is 0 Å². The Morgan fingerprint density at radius 2 is 1.92 bits per heavy atom. The lowest BCUT2D eigenvalue weighted by Gasteiger charge is -2.20. The summed E-state index contributed by atoms with van der Waals surface area (Å²) < 4.78 is 0. The summed E-state index contributed by atoms with van der Waals surface area (Å²) >= 11 is 1.78. The molecule has 136 valence electrons. The number of likely N-dealkylation sites (N-methyl/N-ethyl adjacent to an activating group) is 1. The van der Waals surface area contributed by atoms with Crippen molar-refractivity contribution in [2.45, 2.75) is 20.4 Å². The molecule has 0 bridgehead atoms. The zero-order chi connectivity index (χ0) is 16.9. The normalized spacial score (nSPS) is 10.7. The number of thioether (sulfide) groups is 1. The van der Waals surface area contributed by atoms with Crippen LogP contribution >= 0.6 is 35.7 Å². The Balaban J connectivity index is 0.00000529. The molecule has 2 N–H and O–H groups in total. The van der Waals surface area contributed by atoms with E-state index in [1.165, 1.54) is 0 Å². The van der Waals surface area contributed by atoms with E-state index in [0.29, 0.717) is 19.0 Å². The average molecular weight is 464 g/mol. The van der Waals surface area contributed by atoms with E-state index < -0.39 is 0 Å². The van der Waals surface area contributed by atoms with E-state index in [1.54, 1.807) is 11.8 Å². The van der Waals surface area contributed by atoms with Gasteiger partial charge in [0.25, 0.3) is 0 Å². The van der Waals surface area contributed by atoms with E-state index in [-0.39, 0.29) is 36.4 Å². The van der Waals surface area contributed by atoms with E-state index in [9.17, 15) is 4.79 Å². The molecule has 0 saturated heterocycles. The standard InChI is InChI=1S/C17H28N4OS.HI/c1-4-18-17(19-11-12-23-3)20-13-16(22)21(5-2)14-15-9-7-6-8-10-15;/h6-10H,4-5,11-14H2,1-3H3,(H2,18,19,20);1H. The van der Waals surface area contributed by atoms with Gasteiger partial charge in [-0.15, -0.1) is 24.0 Å². The minimum Gasteiger partial charge on any atom is -0.357 e. The van der Waals surface area contributed by atoms with Gasteiger partial charge in [-0.25, -0.2) is 4.99 Å². The number of guanidine groups is 1. The van der Waals surface area contributed by atoms with Gasteiger partial charge in [0.05, 0.1) is 0 Å². The molecule has 24 heavy (non-hydrogen) atoms. The summed E-state index contributed by atoms with van der Waals surface area (Å²) in [6, 6.07) is 10.0. The van der Waals surface area contributed by atoms with Crippen LogP contribution in [-0.2, 0) is 11.3 Å². The van der Waals surface area contributed by atoms with Crippen molar-refractivity contribution in [3.63, 3.8) is 0 Å². The van der Waals surface area contributed by atoms with Crippen LogP contribution in [0.5, 0.6) is 0 Å². The molecule has 0 aliphatic rings. The average Bonchev–Trinajstić information content (AvgIpc) is 2.58. The molecule has 0 aromatic heterocycles. The highest BCUT2D eigenvalue weighted by Gasteiger charge is 2.11. The summed E-state index contributed by atoms with van der Waals surface area (Å²) in [5, 5.41) is 6.39. The number of halogens is 1. The molecule has 1 rings (SSSR count). The fourth-order valence-electron chi connectivity index (χ4n) is 2.04. The Bertz CT molecular complexity index is 485. The highest BCUT2D eigenvalue weighted by Crippen LogP contribution is 2.04. The third-order valence-corrected chi connectivity index (χ3v) is 3.88. The largest absolute Gasteiger partial charge is 0.357 e. The lowest BCUT2D eigenvalue weighted by molar-refractivity contribution is -0.130. The smallest absolute Gasteiger partial charge is 0.244 e. The van der Waals surface area contributed by atoms with Gasteiger partial charge in [0.1, 0.15) is 6.54 Å². The number of aliphatic imine (C=N–C) groups is 1. The molecule has 0 radical (unpaired) electrons. The minimum atomic E-state index is 0. The van der Waals surface area contributed by atoms with Crippen molar-refractivity contribution >= 4 is 47.6 Å². The first-order chi connectivity index (χ1) is 11.2. The quantitative estimate of drug-likeness (QED) is 0.255. The molecular formula is C17H29IN4OS. The number of nitrogens with one attached hydrogen (secondary N) is 2. The van der Waals surface area contributed by atoms with Crippen LogP contribution in [-0.4, -0.2) is 55.0 Å². The molecular weight excluding hydrogens is 435 g/mol. The van der Waals surface area contributed by atoms with Crippen molar-refractivity contribution < 1.29 is 4.79 Å². The fourth-order valence-corrected chi connectivity index (χ4v) is 2.35. The van der Waals surface area contributed by atoms with Crippen LogP contribution in [0.1, 0.15) is 19.4 Å². The Morgan fingerprint density at radius 3 is 2.50 bits per heavy atom. The summed E-state index contributed by atoms with van der Waals surface area (Å²) in [4.78, 5) is 18.6. The van der Waals surface area contributed by atoms with Gasteiger partial charge < -0.3 is 15.5 Å². The zero-order valence-electron chi connectivity index (χ0n) is 14.7. The number of carbonyl (C=O) groups excluding carboxylic acids is 1. The van der Waals surface area contributed by atoms with Crippen LogP contribution < -0.4 is 10.6 Å². The van der Waals surface area contributed by atoms with Crippen LogP contribution in [0.3, 0.4) is 0 Å². The van der Waals surface area contributed by atoms with Crippen LogP contribution in [0.4, 0.5) is 0 Å². The van der Waals surface area contributed by atoms with Gasteiger partial charge in [0, 0.05) is 31.9 Å². The van der Waals surface area contributed by atoms with E-state index in [1.807, 2.05) is 49.1 Å². The maximum Gasteiger partial charge on any atom is 0.244 e. The number of hydrogen-bond acceptors (Lipinski definition) is 3. The molecule has 1 amide bonds. The Morgan fingerprint density at radius 1 is 1.21 bits per heavy atom. The van der Waals surface area contributed by atoms with Crippen LogP contribution in [0.2, 0.25) is 0 Å².